The van der Waals surface area contributed by atoms with Gasteiger partial charge in [0.1, 0.15) is 22.8 Å². The van der Waals surface area contributed by atoms with Crippen molar-refractivity contribution < 1.29 is 24.0 Å². The highest BCUT2D eigenvalue weighted by atomic mass is 35.5. The van der Waals surface area contributed by atoms with Crippen LogP contribution in [0, 0.1) is 0 Å². The molecule has 19 heteroatoms. The highest BCUT2D eigenvalue weighted by molar-refractivity contribution is 6.43. The second-order valence-electron chi connectivity index (χ2n) is 12.0. The van der Waals surface area contributed by atoms with Crippen LogP contribution in [0.3, 0.4) is 0 Å². The molecule has 5 amide bonds. The highest BCUT2D eigenvalue weighted by Gasteiger charge is 2.21. The summed E-state index contributed by atoms with van der Waals surface area (Å²) in [5, 5.41) is 19.9. The fraction of sp³-hybridized carbons (Fsp3) is 0.273. The van der Waals surface area contributed by atoms with E-state index in [4.69, 9.17) is 11.6 Å². The van der Waals surface area contributed by atoms with Crippen molar-refractivity contribution in [2.75, 3.05) is 40.9 Å². The molecule has 4 aromatic rings. The van der Waals surface area contributed by atoms with Gasteiger partial charge in [0.25, 0.3) is 29.5 Å². The molecule has 1 aliphatic heterocycles. The summed E-state index contributed by atoms with van der Waals surface area (Å²) >= 11 is 5.62. The zero-order valence-electron chi connectivity index (χ0n) is 29.1. The lowest BCUT2D eigenvalue weighted by Gasteiger charge is -2.16. The first-order chi connectivity index (χ1) is 24.2. The van der Waals surface area contributed by atoms with Crippen LogP contribution >= 0.6 is 24.0 Å². The van der Waals surface area contributed by atoms with E-state index in [1.807, 2.05) is 6.92 Å². The van der Waals surface area contributed by atoms with Gasteiger partial charge in [0.05, 0.1) is 34.3 Å². The molecule has 52 heavy (non-hydrogen) atoms. The standard InChI is InChI=1S/C33H39ClN12O5.ClH/c1-18(38-33-35-7-8-36-33)13-37-29(48)24-9-21(15-43(24)3)40-31(50)26-11-23(17-45(26)5)42-32(51)27-12-22(16-46(27)6)41-30(49)25-10-20(14-44(25)4)39-28(47)19(2)34;/h9-12,14-18H,2,7-8,13H2,1,3-6H3,(H,37,48)(H,39,47)(H,40,50)(H,41,49)(H,42,51)(H2,35,36,38);1H. The summed E-state index contributed by atoms with van der Waals surface area (Å²) in [6.07, 6.45) is 6.36. The maximum absolute atomic E-state index is 13.2. The summed E-state index contributed by atoms with van der Waals surface area (Å²) in [6.45, 7) is 7.17. The van der Waals surface area contributed by atoms with Gasteiger partial charge >= 0.3 is 0 Å². The number of amides is 5. The van der Waals surface area contributed by atoms with Crippen LogP contribution in [0.4, 0.5) is 22.7 Å². The Labute approximate surface area is 310 Å². The number of carbonyl (C=O) groups excluding carboxylic acids is 5. The Hall–Kier alpha value is -5.94. The Balaban J connectivity index is 0.00000605. The van der Waals surface area contributed by atoms with E-state index in [2.05, 4.69) is 48.8 Å². The lowest BCUT2D eigenvalue weighted by molar-refractivity contribution is -0.112. The summed E-state index contributed by atoms with van der Waals surface area (Å²) in [6, 6.07) is 6.04. The van der Waals surface area contributed by atoms with Crippen molar-refractivity contribution >= 4 is 82.3 Å². The maximum atomic E-state index is 13.2. The number of nitrogens with zero attached hydrogens (tertiary/aromatic N) is 5. The number of nitrogens with one attached hydrogen (secondary N) is 7. The molecule has 0 fully saturated rings. The van der Waals surface area contributed by atoms with Gasteiger partial charge in [0, 0.05) is 72.1 Å². The number of guanidine groups is 1. The first-order valence-electron chi connectivity index (χ1n) is 15.8. The van der Waals surface area contributed by atoms with Gasteiger partial charge in [-0.1, -0.05) is 18.2 Å². The quantitative estimate of drug-likeness (QED) is 0.108. The minimum absolute atomic E-state index is 0. The van der Waals surface area contributed by atoms with Crippen LogP contribution in [0.25, 0.3) is 0 Å². The number of rotatable bonds is 12. The molecule has 17 nitrogen and oxygen atoms in total. The molecule has 4 aromatic heterocycles. The van der Waals surface area contributed by atoms with Gasteiger partial charge in [-0.3, -0.25) is 29.0 Å². The number of hydrogen-bond donors (Lipinski definition) is 7. The number of aliphatic imine (C=N–C) groups is 1. The number of hydrogen-bond acceptors (Lipinski definition) is 8. The summed E-state index contributed by atoms with van der Waals surface area (Å²) in [7, 11) is 6.67. The summed E-state index contributed by atoms with van der Waals surface area (Å²) < 4.78 is 6.26. The number of halogens is 2. The molecule has 1 atom stereocenters. The predicted molar refractivity (Wildman–Crippen MR) is 202 cm³/mol. The van der Waals surface area contributed by atoms with Crippen molar-refractivity contribution in [2.24, 2.45) is 33.2 Å². The van der Waals surface area contributed by atoms with Gasteiger partial charge in [-0.15, -0.1) is 12.4 Å². The molecule has 0 aromatic carbocycles. The van der Waals surface area contributed by atoms with Crippen LogP contribution in [-0.4, -0.2) is 79.4 Å². The molecule has 1 unspecified atom stereocenters. The largest absolute Gasteiger partial charge is 0.355 e. The number of aromatic nitrogens is 4. The lowest BCUT2D eigenvalue weighted by Crippen LogP contribution is -2.45. The van der Waals surface area contributed by atoms with E-state index in [1.165, 1.54) is 22.8 Å². The molecule has 276 valence electrons. The van der Waals surface area contributed by atoms with Crippen molar-refractivity contribution in [3.05, 3.63) is 83.4 Å². The third-order valence-corrected chi connectivity index (χ3v) is 8.03. The van der Waals surface area contributed by atoms with E-state index < -0.39 is 23.6 Å². The molecule has 0 spiro atoms. The van der Waals surface area contributed by atoms with Crippen LogP contribution in [0.15, 0.2) is 65.7 Å². The Morgan fingerprint density at radius 2 is 1.12 bits per heavy atom. The van der Waals surface area contributed by atoms with E-state index in [0.29, 0.717) is 47.5 Å². The third-order valence-electron chi connectivity index (χ3n) is 7.85. The second kappa shape index (κ2) is 16.4. The minimum atomic E-state index is -0.589. The molecule has 0 bridgehead atoms. The van der Waals surface area contributed by atoms with Gasteiger partial charge in [-0.25, -0.2) is 0 Å². The van der Waals surface area contributed by atoms with Gasteiger partial charge in [-0.05, 0) is 31.2 Å². The molecular formula is C33H40Cl2N12O5. The van der Waals surface area contributed by atoms with Crippen molar-refractivity contribution in [3.63, 3.8) is 0 Å². The smallest absolute Gasteiger partial charge is 0.272 e. The second-order valence-corrected chi connectivity index (χ2v) is 12.5. The SMILES string of the molecule is C=C(Cl)C(=O)Nc1cc(C(=O)Nc2cc(C(=O)Nc3cc(C(=O)Nc4cc(C(=O)NCC(C)NC5=NCCN5)n(C)c4)n(C)c3)n(C)c2)n(C)c1.Cl. The molecule has 7 N–H and O–H groups in total. The van der Waals surface area contributed by atoms with Gasteiger partial charge in [0.2, 0.25) is 0 Å². The van der Waals surface area contributed by atoms with Crippen molar-refractivity contribution in [1.29, 1.82) is 0 Å². The topological polar surface area (TPSA) is 202 Å². The Morgan fingerprint density at radius 1 is 0.731 bits per heavy atom. The molecule has 0 aliphatic carbocycles. The summed E-state index contributed by atoms with van der Waals surface area (Å²) in [5.74, 6) is -1.57. The fourth-order valence-electron chi connectivity index (χ4n) is 5.33. The minimum Gasteiger partial charge on any atom is -0.355 e. The van der Waals surface area contributed by atoms with E-state index in [-0.39, 0.29) is 46.5 Å². The first-order valence-corrected chi connectivity index (χ1v) is 16.1. The van der Waals surface area contributed by atoms with E-state index in [1.54, 1.807) is 72.7 Å². The van der Waals surface area contributed by atoms with Crippen LogP contribution in [-0.2, 0) is 33.0 Å². The Kier molecular flexibility index (Phi) is 12.2. The maximum Gasteiger partial charge on any atom is 0.272 e. The number of carbonyl (C=O) groups is 5. The van der Waals surface area contributed by atoms with Crippen LogP contribution in [0.1, 0.15) is 48.9 Å². The van der Waals surface area contributed by atoms with Crippen molar-refractivity contribution in [3.8, 4) is 0 Å². The monoisotopic (exact) mass is 754 g/mol. The average molecular weight is 756 g/mol. The normalized spacial score (nSPS) is 12.5. The van der Waals surface area contributed by atoms with Gasteiger partial charge < -0.3 is 55.5 Å². The highest BCUT2D eigenvalue weighted by Crippen LogP contribution is 2.21. The van der Waals surface area contributed by atoms with E-state index >= 15 is 0 Å². The Bertz CT molecular complexity index is 2070. The van der Waals surface area contributed by atoms with Gasteiger partial charge in [0.15, 0.2) is 5.96 Å². The number of anilines is 4. The van der Waals surface area contributed by atoms with Crippen molar-refractivity contribution in [1.82, 2.24) is 34.2 Å². The van der Waals surface area contributed by atoms with E-state index in [0.717, 1.165) is 6.54 Å². The Morgan fingerprint density at radius 3 is 1.48 bits per heavy atom. The zero-order chi connectivity index (χ0) is 37.0. The van der Waals surface area contributed by atoms with Crippen LogP contribution < -0.4 is 37.2 Å². The van der Waals surface area contributed by atoms with Gasteiger partial charge in [-0.2, -0.15) is 0 Å². The van der Waals surface area contributed by atoms with Crippen LogP contribution in [0.5, 0.6) is 0 Å². The molecule has 5 heterocycles. The lowest BCUT2D eigenvalue weighted by atomic mass is 10.3. The van der Waals surface area contributed by atoms with Crippen molar-refractivity contribution in [2.45, 2.75) is 13.0 Å². The zero-order valence-corrected chi connectivity index (χ0v) is 30.7. The predicted octanol–water partition coefficient (Wildman–Crippen LogP) is 2.58. The van der Waals surface area contributed by atoms with Crippen LogP contribution in [0.2, 0.25) is 0 Å². The van der Waals surface area contributed by atoms with E-state index in [9.17, 15) is 24.0 Å². The molecule has 5 rings (SSSR count). The molecular weight excluding hydrogens is 715 g/mol. The fourth-order valence-corrected chi connectivity index (χ4v) is 5.38. The summed E-state index contributed by atoms with van der Waals surface area (Å²) in [4.78, 5) is 68.4. The average Bonchev–Trinajstić information content (AvgIpc) is 3.89. The molecule has 0 radical (unpaired) electrons. The summed E-state index contributed by atoms with van der Waals surface area (Å²) in [5.41, 5.74) is 2.62. The third kappa shape index (κ3) is 9.23. The first kappa shape index (κ1) is 38.9. The molecule has 1 aliphatic rings. The molecule has 0 saturated heterocycles. The number of aryl methyl sites for hydroxylation is 4. The molecule has 0 saturated carbocycles.